The van der Waals surface area contributed by atoms with E-state index in [1.165, 1.54) is 12.8 Å². The van der Waals surface area contributed by atoms with E-state index in [0.717, 1.165) is 49.8 Å². The lowest BCUT2D eigenvalue weighted by molar-refractivity contribution is 0.300. The van der Waals surface area contributed by atoms with Crippen LogP contribution >= 0.6 is 0 Å². The Labute approximate surface area is 146 Å². The number of sulfonamides is 1. The molecule has 1 fully saturated rings. The van der Waals surface area contributed by atoms with Crippen molar-refractivity contribution in [3.05, 3.63) is 24.3 Å². The molecule has 0 radical (unpaired) electrons. The molecule has 136 valence electrons. The summed E-state index contributed by atoms with van der Waals surface area (Å²) in [6, 6.07) is 8.09. The highest BCUT2D eigenvalue weighted by Crippen LogP contribution is 2.29. The number of hydrogen-bond acceptors (Lipinski definition) is 4. The van der Waals surface area contributed by atoms with Crippen molar-refractivity contribution >= 4 is 15.7 Å². The first-order chi connectivity index (χ1) is 11.5. The minimum absolute atomic E-state index is 0.365. The van der Waals surface area contributed by atoms with Crippen molar-refractivity contribution in [1.29, 1.82) is 0 Å². The molecule has 0 spiro atoms. The molecule has 0 unspecified atom stereocenters. The van der Waals surface area contributed by atoms with Crippen LogP contribution in [0.25, 0.3) is 0 Å². The Bertz CT molecular complexity index is 581. The minimum Gasteiger partial charge on any atom is -0.493 e. The molecule has 1 aliphatic carbocycles. The SMILES string of the molecule is CC(C)S(=O)(=O)NCCCCCNc1ccc(OCC2CC2)cc1. The topological polar surface area (TPSA) is 67.4 Å². The van der Waals surface area contributed by atoms with Crippen molar-refractivity contribution in [1.82, 2.24) is 4.72 Å². The van der Waals surface area contributed by atoms with Gasteiger partial charge in [0.25, 0.3) is 0 Å². The van der Waals surface area contributed by atoms with Crippen molar-refractivity contribution in [2.24, 2.45) is 5.92 Å². The van der Waals surface area contributed by atoms with Crippen LogP contribution in [0.4, 0.5) is 5.69 Å². The smallest absolute Gasteiger partial charge is 0.213 e. The standard InChI is InChI=1S/C18H30N2O3S/c1-15(2)24(21,22)20-13-5-3-4-12-19-17-8-10-18(11-9-17)23-14-16-6-7-16/h8-11,15-16,19-20H,3-7,12-14H2,1-2H3. The highest BCUT2D eigenvalue weighted by molar-refractivity contribution is 7.90. The molecule has 6 heteroatoms. The van der Waals surface area contributed by atoms with Crippen molar-refractivity contribution in [2.45, 2.75) is 51.2 Å². The van der Waals surface area contributed by atoms with E-state index in [2.05, 4.69) is 10.0 Å². The summed E-state index contributed by atoms with van der Waals surface area (Å²) in [7, 11) is -3.12. The lowest BCUT2D eigenvalue weighted by Gasteiger charge is -2.10. The maximum Gasteiger partial charge on any atom is 0.213 e. The molecule has 24 heavy (non-hydrogen) atoms. The predicted octanol–water partition coefficient (Wildman–Crippen LogP) is 3.39. The van der Waals surface area contributed by atoms with E-state index in [9.17, 15) is 8.42 Å². The molecule has 0 saturated heterocycles. The van der Waals surface area contributed by atoms with Gasteiger partial charge < -0.3 is 10.1 Å². The van der Waals surface area contributed by atoms with E-state index in [-0.39, 0.29) is 5.25 Å². The summed E-state index contributed by atoms with van der Waals surface area (Å²) in [5.41, 5.74) is 1.09. The van der Waals surface area contributed by atoms with Gasteiger partial charge in [-0.05, 0) is 69.7 Å². The summed E-state index contributed by atoms with van der Waals surface area (Å²) in [6.07, 6.45) is 5.48. The Morgan fingerprint density at radius 2 is 1.75 bits per heavy atom. The Hall–Kier alpha value is -1.27. The molecule has 1 saturated carbocycles. The lowest BCUT2D eigenvalue weighted by Crippen LogP contribution is -2.31. The van der Waals surface area contributed by atoms with E-state index in [4.69, 9.17) is 4.74 Å². The van der Waals surface area contributed by atoms with E-state index < -0.39 is 10.0 Å². The minimum atomic E-state index is -3.12. The van der Waals surface area contributed by atoms with Crippen LogP contribution in [0, 0.1) is 5.92 Å². The molecule has 0 aromatic heterocycles. The number of rotatable bonds is 12. The van der Waals surface area contributed by atoms with Gasteiger partial charge in [0.2, 0.25) is 10.0 Å². The van der Waals surface area contributed by atoms with Crippen LogP contribution in [-0.4, -0.2) is 33.4 Å². The van der Waals surface area contributed by atoms with Crippen LogP contribution in [0.3, 0.4) is 0 Å². The fourth-order valence-electron chi connectivity index (χ4n) is 2.21. The van der Waals surface area contributed by atoms with E-state index >= 15 is 0 Å². The molecular formula is C18H30N2O3S. The van der Waals surface area contributed by atoms with Crippen LogP contribution in [0.2, 0.25) is 0 Å². The van der Waals surface area contributed by atoms with Gasteiger partial charge in [0.05, 0.1) is 11.9 Å². The van der Waals surface area contributed by atoms with Crippen molar-refractivity contribution in [2.75, 3.05) is 25.0 Å². The van der Waals surface area contributed by atoms with Gasteiger partial charge in [-0.2, -0.15) is 0 Å². The Morgan fingerprint density at radius 3 is 2.38 bits per heavy atom. The van der Waals surface area contributed by atoms with E-state index in [1.807, 2.05) is 24.3 Å². The van der Waals surface area contributed by atoms with Gasteiger partial charge in [0.15, 0.2) is 0 Å². The zero-order valence-electron chi connectivity index (χ0n) is 14.8. The van der Waals surface area contributed by atoms with Gasteiger partial charge in [-0.1, -0.05) is 6.42 Å². The normalized spacial score (nSPS) is 14.8. The van der Waals surface area contributed by atoms with Gasteiger partial charge >= 0.3 is 0 Å². The molecule has 0 heterocycles. The summed E-state index contributed by atoms with van der Waals surface area (Å²) in [6.45, 7) is 5.63. The average molecular weight is 355 g/mol. The first-order valence-electron chi connectivity index (χ1n) is 8.92. The zero-order chi connectivity index (χ0) is 17.4. The van der Waals surface area contributed by atoms with Gasteiger partial charge in [-0.25, -0.2) is 13.1 Å². The van der Waals surface area contributed by atoms with Crippen LogP contribution in [-0.2, 0) is 10.0 Å². The number of ether oxygens (including phenoxy) is 1. The van der Waals surface area contributed by atoms with Crippen molar-refractivity contribution in [3.8, 4) is 5.75 Å². The summed E-state index contributed by atoms with van der Waals surface area (Å²) >= 11 is 0. The quantitative estimate of drug-likeness (QED) is 0.565. The molecule has 5 nitrogen and oxygen atoms in total. The molecule has 2 N–H and O–H groups in total. The molecule has 2 rings (SSSR count). The van der Waals surface area contributed by atoms with Crippen LogP contribution in [0.5, 0.6) is 5.75 Å². The molecule has 1 aliphatic rings. The van der Waals surface area contributed by atoms with Crippen molar-refractivity contribution in [3.63, 3.8) is 0 Å². The third-order valence-electron chi connectivity index (χ3n) is 4.14. The van der Waals surface area contributed by atoms with Crippen LogP contribution < -0.4 is 14.8 Å². The second kappa shape index (κ2) is 9.28. The lowest BCUT2D eigenvalue weighted by atomic mass is 10.2. The number of nitrogens with one attached hydrogen (secondary N) is 2. The number of benzene rings is 1. The molecule has 0 amide bonds. The summed E-state index contributed by atoms with van der Waals surface area (Å²) in [4.78, 5) is 0. The van der Waals surface area contributed by atoms with Gasteiger partial charge in [0, 0.05) is 18.8 Å². The van der Waals surface area contributed by atoms with E-state index in [0.29, 0.717) is 6.54 Å². The maximum atomic E-state index is 11.6. The van der Waals surface area contributed by atoms with Gasteiger partial charge in [-0.3, -0.25) is 0 Å². The summed E-state index contributed by atoms with van der Waals surface area (Å²) in [5, 5.41) is 3.01. The van der Waals surface area contributed by atoms with Gasteiger partial charge in [0.1, 0.15) is 5.75 Å². The third kappa shape index (κ3) is 7.09. The molecule has 1 aromatic carbocycles. The highest BCUT2D eigenvalue weighted by atomic mass is 32.2. The summed E-state index contributed by atoms with van der Waals surface area (Å²) < 4.78 is 31.5. The zero-order valence-corrected chi connectivity index (χ0v) is 15.6. The average Bonchev–Trinajstić information content (AvgIpc) is 3.37. The largest absolute Gasteiger partial charge is 0.493 e. The number of anilines is 1. The molecule has 0 bridgehead atoms. The Morgan fingerprint density at radius 1 is 1.08 bits per heavy atom. The Kier molecular flexibility index (Phi) is 7.37. The third-order valence-corrected chi connectivity index (χ3v) is 5.99. The van der Waals surface area contributed by atoms with Crippen molar-refractivity contribution < 1.29 is 13.2 Å². The first-order valence-corrected chi connectivity index (χ1v) is 10.5. The maximum absolute atomic E-state index is 11.6. The van der Waals surface area contributed by atoms with E-state index in [1.54, 1.807) is 13.8 Å². The predicted molar refractivity (Wildman–Crippen MR) is 99.1 cm³/mol. The molecular weight excluding hydrogens is 324 g/mol. The molecule has 0 aliphatic heterocycles. The second-order valence-electron chi connectivity index (χ2n) is 6.75. The Balaban J connectivity index is 1.52. The highest BCUT2D eigenvalue weighted by Gasteiger charge is 2.21. The second-order valence-corrected chi connectivity index (χ2v) is 9.08. The fraction of sp³-hybridized carbons (Fsp3) is 0.667. The first kappa shape index (κ1) is 19.1. The number of hydrogen-bond donors (Lipinski definition) is 2. The fourth-order valence-corrected chi connectivity index (χ4v) is 2.97. The number of unbranched alkanes of at least 4 members (excludes halogenated alkanes) is 2. The summed E-state index contributed by atoms with van der Waals surface area (Å²) in [5.74, 6) is 1.71. The van der Waals surface area contributed by atoms with Crippen LogP contribution in [0.1, 0.15) is 46.0 Å². The molecule has 1 aromatic rings. The monoisotopic (exact) mass is 354 g/mol. The molecule has 0 atom stereocenters. The van der Waals surface area contributed by atoms with Crippen LogP contribution in [0.15, 0.2) is 24.3 Å². The van der Waals surface area contributed by atoms with Gasteiger partial charge in [-0.15, -0.1) is 0 Å².